The summed E-state index contributed by atoms with van der Waals surface area (Å²) in [6, 6.07) is 2.23. The van der Waals surface area contributed by atoms with Gasteiger partial charge in [0.2, 0.25) is 0 Å². The summed E-state index contributed by atoms with van der Waals surface area (Å²) in [6.07, 6.45) is 1.50. The largest absolute Gasteiger partial charge is 0.319 e. The van der Waals surface area contributed by atoms with Crippen LogP contribution in [0.15, 0.2) is 12.1 Å². The number of nitrogens with one attached hydrogen (secondary N) is 1. The third kappa shape index (κ3) is 4.25. The molecule has 17 heavy (non-hydrogen) atoms. The SMILES string of the molecule is CNCC(C)(C)CCc1cc(F)c(F)cc1Cl. The van der Waals surface area contributed by atoms with Crippen molar-refractivity contribution >= 4 is 11.6 Å². The predicted octanol–water partition coefficient (Wildman–Crippen LogP) is 3.80. The molecule has 0 aliphatic rings. The average Bonchev–Trinajstić information content (AvgIpc) is 2.21. The summed E-state index contributed by atoms with van der Waals surface area (Å²) in [5, 5.41) is 3.41. The second-order valence-corrected chi connectivity index (χ2v) is 5.46. The Morgan fingerprint density at radius 1 is 1.24 bits per heavy atom. The zero-order valence-corrected chi connectivity index (χ0v) is 11.2. The highest BCUT2D eigenvalue weighted by Gasteiger charge is 2.18. The first-order valence-corrected chi connectivity index (χ1v) is 6.01. The van der Waals surface area contributed by atoms with Gasteiger partial charge in [0, 0.05) is 5.02 Å². The van der Waals surface area contributed by atoms with Crippen molar-refractivity contribution in [2.45, 2.75) is 26.7 Å². The molecule has 0 fully saturated rings. The van der Waals surface area contributed by atoms with E-state index in [1.54, 1.807) is 0 Å². The van der Waals surface area contributed by atoms with E-state index in [2.05, 4.69) is 19.2 Å². The normalized spacial score (nSPS) is 11.9. The molecular formula is C13H18ClF2N. The fraction of sp³-hybridized carbons (Fsp3) is 0.538. The van der Waals surface area contributed by atoms with Gasteiger partial charge in [-0.05, 0) is 49.5 Å². The Morgan fingerprint density at radius 3 is 2.41 bits per heavy atom. The Morgan fingerprint density at radius 2 is 1.82 bits per heavy atom. The molecule has 0 saturated carbocycles. The maximum atomic E-state index is 13.1. The van der Waals surface area contributed by atoms with E-state index in [0.717, 1.165) is 19.0 Å². The molecule has 0 atom stereocenters. The molecule has 0 amide bonds. The maximum absolute atomic E-state index is 13.1. The molecule has 0 unspecified atom stereocenters. The summed E-state index contributed by atoms with van der Waals surface area (Å²) >= 11 is 5.89. The second kappa shape index (κ2) is 5.78. The van der Waals surface area contributed by atoms with Gasteiger partial charge in [-0.3, -0.25) is 0 Å². The average molecular weight is 262 g/mol. The van der Waals surface area contributed by atoms with Gasteiger partial charge in [-0.25, -0.2) is 8.78 Å². The molecule has 1 nitrogen and oxygen atoms in total. The molecule has 96 valence electrons. The number of rotatable bonds is 5. The molecule has 1 aromatic rings. The van der Waals surface area contributed by atoms with Crippen molar-refractivity contribution in [2.24, 2.45) is 5.41 Å². The third-order valence-electron chi connectivity index (χ3n) is 2.82. The van der Waals surface area contributed by atoms with E-state index in [-0.39, 0.29) is 5.41 Å². The number of aryl methyl sites for hydroxylation is 1. The lowest BCUT2D eigenvalue weighted by Gasteiger charge is -2.24. The highest BCUT2D eigenvalue weighted by atomic mass is 35.5. The van der Waals surface area contributed by atoms with Crippen molar-refractivity contribution in [3.63, 3.8) is 0 Å². The molecule has 0 aromatic heterocycles. The summed E-state index contributed by atoms with van der Waals surface area (Å²) in [6.45, 7) is 5.11. The lowest BCUT2D eigenvalue weighted by Crippen LogP contribution is -2.27. The Kier molecular flexibility index (Phi) is 4.90. The van der Waals surface area contributed by atoms with Crippen LogP contribution in [0.3, 0.4) is 0 Å². The van der Waals surface area contributed by atoms with Crippen LogP contribution in [0, 0.1) is 17.0 Å². The molecule has 4 heteroatoms. The van der Waals surface area contributed by atoms with Gasteiger partial charge < -0.3 is 5.32 Å². The van der Waals surface area contributed by atoms with Gasteiger partial charge in [0.05, 0.1) is 0 Å². The summed E-state index contributed by atoms with van der Waals surface area (Å²) in [7, 11) is 1.90. The van der Waals surface area contributed by atoms with E-state index >= 15 is 0 Å². The minimum atomic E-state index is -0.895. The zero-order valence-electron chi connectivity index (χ0n) is 10.4. The molecule has 1 N–H and O–H groups in total. The van der Waals surface area contributed by atoms with Crippen LogP contribution >= 0.6 is 11.6 Å². The minimum absolute atomic E-state index is 0.100. The Labute approximate surface area is 106 Å². The lowest BCUT2D eigenvalue weighted by molar-refractivity contribution is 0.324. The Bertz CT molecular complexity index is 391. The number of halogens is 3. The van der Waals surface area contributed by atoms with Gasteiger partial charge in [-0.2, -0.15) is 0 Å². The molecule has 0 spiro atoms. The Hall–Kier alpha value is -0.670. The summed E-state index contributed by atoms with van der Waals surface area (Å²) in [5.41, 5.74) is 0.762. The fourth-order valence-electron chi connectivity index (χ4n) is 1.80. The van der Waals surface area contributed by atoms with Crippen molar-refractivity contribution in [3.05, 3.63) is 34.4 Å². The first kappa shape index (κ1) is 14.4. The number of hydrogen-bond acceptors (Lipinski definition) is 1. The molecule has 0 radical (unpaired) electrons. The van der Waals surface area contributed by atoms with Crippen LogP contribution in [-0.4, -0.2) is 13.6 Å². The fourth-order valence-corrected chi connectivity index (χ4v) is 2.04. The lowest BCUT2D eigenvalue weighted by atomic mass is 9.86. The smallest absolute Gasteiger partial charge is 0.160 e. The summed E-state index contributed by atoms with van der Waals surface area (Å²) in [4.78, 5) is 0. The van der Waals surface area contributed by atoms with Gasteiger partial charge in [-0.1, -0.05) is 25.4 Å². The molecule has 1 aromatic carbocycles. The van der Waals surface area contributed by atoms with Crippen LogP contribution in [0.5, 0.6) is 0 Å². The van der Waals surface area contributed by atoms with E-state index < -0.39 is 11.6 Å². The van der Waals surface area contributed by atoms with Crippen LogP contribution in [0.1, 0.15) is 25.8 Å². The molecular weight excluding hydrogens is 244 g/mol. The van der Waals surface area contributed by atoms with Crippen LogP contribution in [0.4, 0.5) is 8.78 Å². The molecule has 0 heterocycles. The van der Waals surface area contributed by atoms with E-state index in [1.165, 1.54) is 6.07 Å². The van der Waals surface area contributed by atoms with Crippen LogP contribution < -0.4 is 5.32 Å². The highest BCUT2D eigenvalue weighted by Crippen LogP contribution is 2.26. The van der Waals surface area contributed by atoms with Gasteiger partial charge in [0.15, 0.2) is 11.6 Å². The number of benzene rings is 1. The van der Waals surface area contributed by atoms with E-state index in [4.69, 9.17) is 11.6 Å². The van der Waals surface area contributed by atoms with Gasteiger partial charge >= 0.3 is 0 Å². The van der Waals surface area contributed by atoms with Crippen LogP contribution in [0.25, 0.3) is 0 Å². The quantitative estimate of drug-likeness (QED) is 0.795. The second-order valence-electron chi connectivity index (χ2n) is 5.05. The minimum Gasteiger partial charge on any atom is -0.319 e. The Balaban J connectivity index is 2.73. The van der Waals surface area contributed by atoms with E-state index in [9.17, 15) is 8.78 Å². The van der Waals surface area contributed by atoms with Gasteiger partial charge in [0.25, 0.3) is 0 Å². The third-order valence-corrected chi connectivity index (χ3v) is 3.17. The first-order valence-electron chi connectivity index (χ1n) is 5.64. The van der Waals surface area contributed by atoms with Crippen LogP contribution in [-0.2, 0) is 6.42 Å². The molecule has 0 aliphatic carbocycles. The zero-order chi connectivity index (χ0) is 13.1. The monoisotopic (exact) mass is 261 g/mol. The van der Waals surface area contributed by atoms with Crippen molar-refractivity contribution in [3.8, 4) is 0 Å². The summed E-state index contributed by atoms with van der Waals surface area (Å²) in [5.74, 6) is -1.73. The van der Waals surface area contributed by atoms with E-state index in [1.807, 2.05) is 7.05 Å². The summed E-state index contributed by atoms with van der Waals surface area (Å²) < 4.78 is 26.0. The van der Waals surface area contributed by atoms with Gasteiger partial charge in [-0.15, -0.1) is 0 Å². The molecule has 0 aliphatic heterocycles. The van der Waals surface area contributed by atoms with Gasteiger partial charge in [0.1, 0.15) is 0 Å². The first-order chi connectivity index (χ1) is 7.85. The topological polar surface area (TPSA) is 12.0 Å². The van der Waals surface area contributed by atoms with Crippen LogP contribution in [0.2, 0.25) is 5.02 Å². The van der Waals surface area contributed by atoms with Crippen molar-refractivity contribution in [1.29, 1.82) is 0 Å². The van der Waals surface area contributed by atoms with Crippen molar-refractivity contribution < 1.29 is 8.78 Å². The predicted molar refractivity (Wildman–Crippen MR) is 67.4 cm³/mol. The van der Waals surface area contributed by atoms with E-state index in [0.29, 0.717) is 17.0 Å². The van der Waals surface area contributed by atoms with Crippen molar-refractivity contribution in [1.82, 2.24) is 5.32 Å². The molecule has 0 saturated heterocycles. The maximum Gasteiger partial charge on any atom is 0.160 e. The molecule has 0 bridgehead atoms. The standard InChI is InChI=1S/C13H18ClF2N/c1-13(2,8-17-3)5-4-9-6-11(15)12(16)7-10(9)14/h6-7,17H,4-5,8H2,1-3H3. The number of hydrogen-bond donors (Lipinski definition) is 1. The van der Waals surface area contributed by atoms with Crippen molar-refractivity contribution in [2.75, 3.05) is 13.6 Å². The molecule has 1 rings (SSSR count). The highest BCUT2D eigenvalue weighted by molar-refractivity contribution is 6.31.